The van der Waals surface area contributed by atoms with Crippen molar-refractivity contribution in [1.29, 1.82) is 0 Å². The van der Waals surface area contributed by atoms with Gasteiger partial charge in [-0.05, 0) is 52.3 Å². The van der Waals surface area contributed by atoms with Crippen molar-refractivity contribution >= 4 is 23.6 Å². The predicted molar refractivity (Wildman–Crippen MR) is 120 cm³/mol. The lowest BCUT2D eigenvalue weighted by Gasteiger charge is -2.19. The van der Waals surface area contributed by atoms with Crippen LogP contribution >= 0.6 is 0 Å². The van der Waals surface area contributed by atoms with Crippen LogP contribution in [-0.4, -0.2) is 51.6 Å². The average Bonchev–Trinajstić information content (AvgIpc) is 3.45. The fourth-order valence-electron chi connectivity index (χ4n) is 3.03. The van der Waals surface area contributed by atoms with Gasteiger partial charge in [-0.15, -0.1) is 5.10 Å². The number of hydrogen-bond donors (Lipinski definition) is 2. The van der Waals surface area contributed by atoms with Crippen LogP contribution < -0.4 is 20.8 Å². The first-order valence-electron chi connectivity index (χ1n) is 9.83. The number of nitrogen functional groups attached to an aromatic ring is 1. The van der Waals surface area contributed by atoms with Gasteiger partial charge in [0.25, 0.3) is 5.91 Å². The van der Waals surface area contributed by atoms with Gasteiger partial charge in [0.15, 0.2) is 5.69 Å². The van der Waals surface area contributed by atoms with Crippen LogP contribution in [0.2, 0.25) is 0 Å². The van der Waals surface area contributed by atoms with Crippen molar-refractivity contribution in [3.63, 3.8) is 0 Å². The van der Waals surface area contributed by atoms with Gasteiger partial charge in [0.05, 0.1) is 25.6 Å². The van der Waals surface area contributed by atoms with E-state index in [1.807, 2.05) is 54.4 Å². The van der Waals surface area contributed by atoms with Crippen molar-refractivity contribution in [2.24, 2.45) is 5.10 Å². The number of aromatic nitrogens is 5. The van der Waals surface area contributed by atoms with E-state index in [0.29, 0.717) is 5.69 Å². The first kappa shape index (κ1) is 21.5. The molecule has 0 aliphatic rings. The SMILES string of the molecule is COc1ccc(C=NNC(=O)c2nnn(-c3nonc3N)c2CN(C)c2ccccc2)cc1. The molecule has 0 bridgehead atoms. The zero-order chi connectivity index (χ0) is 23.2. The molecular weight excluding hydrogens is 426 g/mol. The van der Waals surface area contributed by atoms with E-state index in [0.717, 1.165) is 17.0 Å². The lowest BCUT2D eigenvalue weighted by molar-refractivity contribution is 0.0949. The smallest absolute Gasteiger partial charge is 0.293 e. The third-order valence-corrected chi connectivity index (χ3v) is 4.75. The molecule has 12 heteroatoms. The molecule has 168 valence electrons. The maximum atomic E-state index is 12.9. The van der Waals surface area contributed by atoms with Gasteiger partial charge in [0, 0.05) is 12.7 Å². The fourth-order valence-corrected chi connectivity index (χ4v) is 3.03. The largest absolute Gasteiger partial charge is 0.497 e. The number of rotatable bonds is 8. The number of ether oxygens (including phenoxy) is 1. The Hall–Kier alpha value is -4.74. The number of nitrogens with zero attached hydrogens (tertiary/aromatic N) is 7. The molecule has 0 aliphatic heterocycles. The number of carbonyl (C=O) groups is 1. The molecule has 1 amide bonds. The lowest BCUT2D eigenvalue weighted by atomic mass is 10.2. The molecule has 0 unspecified atom stereocenters. The van der Waals surface area contributed by atoms with E-state index in [1.165, 1.54) is 10.9 Å². The molecule has 0 saturated heterocycles. The lowest BCUT2D eigenvalue weighted by Crippen LogP contribution is -2.24. The highest BCUT2D eigenvalue weighted by atomic mass is 16.6. The van der Waals surface area contributed by atoms with E-state index in [1.54, 1.807) is 19.2 Å². The minimum atomic E-state index is -0.544. The van der Waals surface area contributed by atoms with Crippen molar-refractivity contribution < 1.29 is 14.2 Å². The highest BCUT2D eigenvalue weighted by Gasteiger charge is 2.25. The maximum absolute atomic E-state index is 12.9. The Morgan fingerprint density at radius 2 is 1.97 bits per heavy atom. The summed E-state index contributed by atoms with van der Waals surface area (Å²) in [4.78, 5) is 14.8. The second kappa shape index (κ2) is 9.60. The molecule has 2 aromatic carbocycles. The van der Waals surface area contributed by atoms with Crippen LogP contribution in [0.3, 0.4) is 0 Å². The third-order valence-electron chi connectivity index (χ3n) is 4.75. The second-order valence-electron chi connectivity index (χ2n) is 6.93. The number of hydrogen-bond acceptors (Lipinski definition) is 10. The number of carbonyl (C=O) groups excluding carboxylic acids is 1. The molecule has 4 aromatic rings. The summed E-state index contributed by atoms with van der Waals surface area (Å²) >= 11 is 0. The number of anilines is 2. The molecule has 2 heterocycles. The Morgan fingerprint density at radius 1 is 1.21 bits per heavy atom. The Kier molecular flexibility index (Phi) is 6.25. The van der Waals surface area contributed by atoms with Gasteiger partial charge in [-0.2, -0.15) is 9.78 Å². The molecule has 0 saturated carbocycles. The summed E-state index contributed by atoms with van der Waals surface area (Å²) in [6.07, 6.45) is 1.51. The van der Waals surface area contributed by atoms with E-state index in [2.05, 4.69) is 35.8 Å². The van der Waals surface area contributed by atoms with Gasteiger partial charge < -0.3 is 15.4 Å². The summed E-state index contributed by atoms with van der Waals surface area (Å²) in [5.41, 5.74) is 10.5. The Labute approximate surface area is 188 Å². The summed E-state index contributed by atoms with van der Waals surface area (Å²) in [6.45, 7) is 0.272. The molecule has 12 nitrogen and oxygen atoms in total. The van der Waals surface area contributed by atoms with E-state index in [-0.39, 0.29) is 23.9 Å². The minimum Gasteiger partial charge on any atom is -0.497 e. The Balaban J connectivity index is 1.58. The van der Waals surface area contributed by atoms with Gasteiger partial charge >= 0.3 is 0 Å². The van der Waals surface area contributed by atoms with E-state index >= 15 is 0 Å². The van der Waals surface area contributed by atoms with Crippen LogP contribution in [0, 0.1) is 0 Å². The molecule has 4 rings (SSSR count). The number of nitrogens with two attached hydrogens (primary N) is 1. The Morgan fingerprint density at radius 3 is 2.64 bits per heavy atom. The molecule has 0 fully saturated rings. The van der Waals surface area contributed by atoms with Crippen molar-refractivity contribution in [2.75, 3.05) is 24.8 Å². The third kappa shape index (κ3) is 4.79. The standard InChI is InChI=1S/C21H21N9O3/c1-29(15-6-4-3-5-7-15)13-17-18(24-28-30(17)20-19(22)26-33-27-20)21(31)25-23-12-14-8-10-16(32-2)11-9-14/h3-12H,13H2,1-2H3,(H2,22,26)(H,25,31). The van der Waals surface area contributed by atoms with Crippen molar-refractivity contribution in [2.45, 2.75) is 6.54 Å². The van der Waals surface area contributed by atoms with E-state index < -0.39 is 5.91 Å². The fraction of sp³-hybridized carbons (Fsp3) is 0.143. The molecule has 3 N–H and O–H groups in total. The summed E-state index contributed by atoms with van der Waals surface area (Å²) in [6, 6.07) is 16.9. The van der Waals surface area contributed by atoms with Crippen LogP contribution in [0.4, 0.5) is 11.5 Å². The zero-order valence-electron chi connectivity index (χ0n) is 17.9. The molecule has 33 heavy (non-hydrogen) atoms. The predicted octanol–water partition coefficient (Wildman–Crippen LogP) is 1.64. The van der Waals surface area contributed by atoms with Crippen molar-refractivity contribution in [3.05, 3.63) is 71.5 Å². The normalized spacial score (nSPS) is 11.0. The number of benzene rings is 2. The summed E-state index contributed by atoms with van der Waals surface area (Å²) < 4.78 is 11.1. The Bertz CT molecular complexity index is 1250. The van der Waals surface area contributed by atoms with Gasteiger partial charge in [0.1, 0.15) is 5.75 Å². The van der Waals surface area contributed by atoms with Gasteiger partial charge in [-0.25, -0.2) is 10.1 Å². The summed E-state index contributed by atoms with van der Waals surface area (Å²) in [5.74, 6) is 0.340. The van der Waals surface area contributed by atoms with Gasteiger partial charge in [0.2, 0.25) is 11.6 Å². The zero-order valence-corrected chi connectivity index (χ0v) is 17.9. The monoisotopic (exact) mass is 447 g/mol. The molecule has 0 aliphatic carbocycles. The molecule has 0 radical (unpaired) electrons. The van der Waals surface area contributed by atoms with Crippen LogP contribution in [0.1, 0.15) is 21.7 Å². The van der Waals surface area contributed by atoms with Crippen LogP contribution in [-0.2, 0) is 6.54 Å². The van der Waals surface area contributed by atoms with E-state index in [4.69, 9.17) is 10.5 Å². The second-order valence-corrected chi connectivity index (χ2v) is 6.93. The van der Waals surface area contributed by atoms with Crippen LogP contribution in [0.5, 0.6) is 5.75 Å². The molecule has 0 spiro atoms. The number of para-hydroxylation sites is 1. The van der Waals surface area contributed by atoms with E-state index in [9.17, 15) is 4.79 Å². The number of amides is 1. The van der Waals surface area contributed by atoms with Crippen LogP contribution in [0.25, 0.3) is 5.82 Å². The number of nitrogens with one attached hydrogen (secondary N) is 1. The summed E-state index contributed by atoms with van der Waals surface area (Å²) in [7, 11) is 3.46. The first-order chi connectivity index (χ1) is 16.1. The number of hydrazone groups is 1. The topological polar surface area (TPSA) is 150 Å². The highest BCUT2D eigenvalue weighted by Crippen LogP contribution is 2.20. The highest BCUT2D eigenvalue weighted by molar-refractivity contribution is 5.94. The molecule has 0 atom stereocenters. The molecular formula is C21H21N9O3. The number of methoxy groups -OCH3 is 1. The van der Waals surface area contributed by atoms with Gasteiger partial charge in [-0.1, -0.05) is 23.4 Å². The summed E-state index contributed by atoms with van der Waals surface area (Å²) in [5, 5.41) is 19.4. The molecule has 2 aromatic heterocycles. The van der Waals surface area contributed by atoms with Crippen molar-refractivity contribution in [3.8, 4) is 11.6 Å². The average molecular weight is 447 g/mol. The van der Waals surface area contributed by atoms with Crippen molar-refractivity contribution in [1.82, 2.24) is 30.7 Å². The quantitative estimate of drug-likeness (QED) is 0.303. The first-order valence-corrected chi connectivity index (χ1v) is 9.83. The maximum Gasteiger partial charge on any atom is 0.293 e. The van der Waals surface area contributed by atoms with Gasteiger partial charge in [-0.3, -0.25) is 4.79 Å². The minimum absolute atomic E-state index is 0.0213. The van der Waals surface area contributed by atoms with Crippen LogP contribution in [0.15, 0.2) is 64.3 Å².